The van der Waals surface area contributed by atoms with Gasteiger partial charge in [-0.05, 0) is 56.2 Å². The molecule has 1 aliphatic heterocycles. The Bertz CT molecular complexity index is 1140. The van der Waals surface area contributed by atoms with E-state index in [1.807, 2.05) is 0 Å². The summed E-state index contributed by atoms with van der Waals surface area (Å²) in [5.74, 6) is 2.54. The van der Waals surface area contributed by atoms with Crippen LogP contribution in [0.25, 0.3) is 11.0 Å². The SMILES string of the molecule is CCN(C(=O)CCn1c(C2CCC(C)CC2)nc2ccc(CN3CCN(CC(F)(F)F)CC3)cc21)C1CCCCC1. The standard InChI is InChI=1S/C32H48F3N5O/c1-3-39(27-7-5-4-6-8-27)30(41)15-16-40-29-21-25(22-37-17-19-38(20-18-37)23-32(33,34)35)11-14-28(29)36-31(40)26-12-9-24(2)10-13-26/h11,14,21,24,26-27H,3-10,12-13,15-20,22-23H2,1-2H3. The Balaban J connectivity index is 1.32. The first-order valence-corrected chi connectivity index (χ1v) is 16.0. The molecule has 2 aromatic rings. The quantitative estimate of drug-likeness (QED) is 0.339. The van der Waals surface area contributed by atoms with Crippen molar-refractivity contribution in [2.24, 2.45) is 5.92 Å². The fourth-order valence-electron chi connectivity index (χ4n) is 7.35. The fraction of sp³-hybridized carbons (Fsp3) is 0.750. The largest absolute Gasteiger partial charge is 0.401 e. The van der Waals surface area contributed by atoms with Gasteiger partial charge >= 0.3 is 6.18 Å². The number of fused-ring (bicyclic) bond motifs is 1. The molecule has 1 amide bonds. The predicted molar refractivity (Wildman–Crippen MR) is 157 cm³/mol. The molecule has 3 fully saturated rings. The summed E-state index contributed by atoms with van der Waals surface area (Å²) in [5.41, 5.74) is 3.21. The molecule has 228 valence electrons. The van der Waals surface area contributed by atoms with Crippen molar-refractivity contribution in [3.05, 3.63) is 29.6 Å². The van der Waals surface area contributed by atoms with Crippen molar-refractivity contribution >= 4 is 16.9 Å². The van der Waals surface area contributed by atoms with Crippen LogP contribution in [0.15, 0.2) is 18.2 Å². The van der Waals surface area contributed by atoms with Crippen molar-refractivity contribution in [2.45, 2.75) is 109 Å². The molecule has 0 unspecified atom stereocenters. The minimum Gasteiger partial charge on any atom is -0.340 e. The number of hydrogen-bond acceptors (Lipinski definition) is 4. The molecule has 0 atom stereocenters. The normalized spacial score (nSPS) is 23.7. The third-order valence-electron chi connectivity index (χ3n) is 9.72. The molecule has 41 heavy (non-hydrogen) atoms. The Morgan fingerprint density at radius 1 is 0.976 bits per heavy atom. The topological polar surface area (TPSA) is 44.6 Å². The molecule has 5 rings (SSSR count). The summed E-state index contributed by atoms with van der Waals surface area (Å²) in [7, 11) is 0. The summed E-state index contributed by atoms with van der Waals surface area (Å²) in [4.78, 5) is 24.5. The molecule has 2 aliphatic carbocycles. The Labute approximate surface area is 243 Å². The molecule has 0 bridgehead atoms. The zero-order valence-electron chi connectivity index (χ0n) is 25.0. The molecule has 1 aromatic heterocycles. The van der Waals surface area contributed by atoms with E-state index < -0.39 is 12.7 Å². The highest BCUT2D eigenvalue weighted by molar-refractivity contribution is 5.79. The highest BCUT2D eigenvalue weighted by atomic mass is 19.4. The van der Waals surface area contributed by atoms with Gasteiger partial charge in [-0.2, -0.15) is 13.2 Å². The zero-order valence-corrected chi connectivity index (χ0v) is 25.0. The smallest absolute Gasteiger partial charge is 0.340 e. The summed E-state index contributed by atoms with van der Waals surface area (Å²) in [6, 6.07) is 6.80. The molecule has 1 saturated heterocycles. The number of piperazine rings is 1. The van der Waals surface area contributed by atoms with Gasteiger partial charge in [-0.15, -0.1) is 0 Å². The predicted octanol–water partition coefficient (Wildman–Crippen LogP) is 6.58. The summed E-state index contributed by atoms with van der Waals surface area (Å²) in [6.07, 6.45) is 6.97. The van der Waals surface area contributed by atoms with Crippen LogP contribution in [0.1, 0.15) is 95.4 Å². The zero-order chi connectivity index (χ0) is 29.0. The molecular formula is C32H48F3N5O. The lowest BCUT2D eigenvalue weighted by Gasteiger charge is -2.35. The van der Waals surface area contributed by atoms with Crippen molar-refractivity contribution in [1.82, 2.24) is 24.3 Å². The second-order valence-electron chi connectivity index (χ2n) is 12.8. The second kappa shape index (κ2) is 13.4. The molecule has 3 aliphatic rings. The maximum Gasteiger partial charge on any atom is 0.401 e. The van der Waals surface area contributed by atoms with Gasteiger partial charge in [0.15, 0.2) is 0 Å². The van der Waals surface area contributed by atoms with Crippen LogP contribution >= 0.6 is 0 Å². The van der Waals surface area contributed by atoms with Crippen LogP contribution in [0.3, 0.4) is 0 Å². The number of carbonyl (C=O) groups excluding carboxylic acids is 1. The number of imidazole rings is 1. The van der Waals surface area contributed by atoms with Crippen molar-refractivity contribution in [3.8, 4) is 0 Å². The number of amides is 1. The van der Waals surface area contributed by atoms with Crippen molar-refractivity contribution in [1.29, 1.82) is 0 Å². The first kappa shape index (κ1) is 30.3. The fourth-order valence-corrected chi connectivity index (χ4v) is 7.35. The minimum absolute atomic E-state index is 0.248. The molecule has 6 nitrogen and oxygen atoms in total. The van der Waals surface area contributed by atoms with Crippen LogP contribution in [0.2, 0.25) is 0 Å². The monoisotopic (exact) mass is 575 g/mol. The average Bonchev–Trinajstić information content (AvgIpc) is 3.31. The summed E-state index contributed by atoms with van der Waals surface area (Å²) >= 11 is 0. The number of aryl methyl sites for hydroxylation is 1. The van der Waals surface area contributed by atoms with Crippen molar-refractivity contribution < 1.29 is 18.0 Å². The minimum atomic E-state index is -4.15. The molecule has 0 N–H and O–H groups in total. The number of benzene rings is 1. The van der Waals surface area contributed by atoms with Crippen molar-refractivity contribution in [3.63, 3.8) is 0 Å². The van der Waals surface area contributed by atoms with Crippen molar-refractivity contribution in [2.75, 3.05) is 39.3 Å². The Morgan fingerprint density at radius 3 is 2.32 bits per heavy atom. The van der Waals surface area contributed by atoms with Gasteiger partial charge in [-0.3, -0.25) is 14.6 Å². The third kappa shape index (κ3) is 7.83. The van der Waals surface area contributed by atoms with Crippen LogP contribution in [0.4, 0.5) is 13.2 Å². The van der Waals surface area contributed by atoms with Gasteiger partial charge in [-0.1, -0.05) is 45.1 Å². The van der Waals surface area contributed by atoms with E-state index in [-0.39, 0.29) is 5.91 Å². The average molecular weight is 576 g/mol. The van der Waals surface area contributed by atoms with Gasteiger partial charge in [0, 0.05) is 64.2 Å². The third-order valence-corrected chi connectivity index (χ3v) is 9.72. The van der Waals surface area contributed by atoms with Crippen LogP contribution in [0, 0.1) is 5.92 Å². The summed E-state index contributed by atoms with van der Waals surface area (Å²) in [6.45, 7) is 7.83. The van der Waals surface area contributed by atoms with Gasteiger partial charge in [0.1, 0.15) is 5.82 Å². The van der Waals surface area contributed by atoms with Gasteiger partial charge in [0.05, 0.1) is 17.6 Å². The highest BCUT2D eigenvalue weighted by Gasteiger charge is 2.32. The second-order valence-corrected chi connectivity index (χ2v) is 12.8. The lowest BCUT2D eigenvalue weighted by molar-refractivity contribution is -0.149. The molecule has 1 aromatic carbocycles. The first-order chi connectivity index (χ1) is 19.7. The maximum absolute atomic E-state index is 13.5. The van der Waals surface area contributed by atoms with Crippen LogP contribution in [-0.2, 0) is 17.9 Å². The number of carbonyl (C=O) groups is 1. The van der Waals surface area contributed by atoms with Gasteiger partial charge < -0.3 is 9.47 Å². The summed E-state index contributed by atoms with van der Waals surface area (Å²) < 4.78 is 40.8. The summed E-state index contributed by atoms with van der Waals surface area (Å²) in [5, 5.41) is 0. The number of alkyl halides is 3. The molecule has 0 spiro atoms. The van der Waals surface area contributed by atoms with Crippen LogP contribution in [0.5, 0.6) is 0 Å². The highest BCUT2D eigenvalue weighted by Crippen LogP contribution is 2.37. The first-order valence-electron chi connectivity index (χ1n) is 16.0. The molecule has 9 heteroatoms. The van der Waals surface area contributed by atoms with E-state index in [2.05, 4.69) is 46.4 Å². The van der Waals surface area contributed by atoms with E-state index in [4.69, 9.17) is 4.98 Å². The van der Waals surface area contributed by atoms with Gasteiger partial charge in [0.25, 0.3) is 0 Å². The van der Waals surface area contributed by atoms with E-state index >= 15 is 0 Å². The lowest BCUT2D eigenvalue weighted by atomic mass is 9.82. The maximum atomic E-state index is 13.5. The molecular weight excluding hydrogens is 527 g/mol. The van der Waals surface area contributed by atoms with E-state index in [1.54, 1.807) is 0 Å². The molecule has 0 radical (unpaired) electrons. The van der Waals surface area contributed by atoms with Crippen LogP contribution < -0.4 is 0 Å². The lowest BCUT2D eigenvalue weighted by Crippen LogP contribution is -2.48. The Kier molecular flexibility index (Phi) is 9.95. The van der Waals surface area contributed by atoms with Gasteiger partial charge in [0.2, 0.25) is 5.91 Å². The number of aromatic nitrogens is 2. The number of nitrogens with zero attached hydrogens (tertiary/aromatic N) is 5. The number of rotatable bonds is 9. The molecule has 2 saturated carbocycles. The number of halogens is 3. The van der Waals surface area contributed by atoms with Gasteiger partial charge in [-0.25, -0.2) is 4.98 Å². The van der Waals surface area contributed by atoms with E-state index in [0.29, 0.717) is 57.6 Å². The van der Waals surface area contributed by atoms with E-state index in [0.717, 1.165) is 60.6 Å². The van der Waals surface area contributed by atoms with Crippen LogP contribution in [-0.4, -0.2) is 81.6 Å². The Morgan fingerprint density at radius 2 is 1.66 bits per heavy atom. The Hall–Kier alpha value is -2.13. The number of hydrogen-bond donors (Lipinski definition) is 0. The molecule has 2 heterocycles. The van der Waals surface area contributed by atoms with E-state index in [9.17, 15) is 18.0 Å². The van der Waals surface area contributed by atoms with E-state index in [1.165, 1.54) is 37.0 Å².